The second kappa shape index (κ2) is 9.47. The minimum absolute atomic E-state index is 0.0950. The highest BCUT2D eigenvalue weighted by Crippen LogP contribution is 2.31. The molecule has 36 heavy (non-hydrogen) atoms. The number of halogens is 1. The summed E-state index contributed by atoms with van der Waals surface area (Å²) in [7, 11) is 5.23. The van der Waals surface area contributed by atoms with Crippen LogP contribution in [0.25, 0.3) is 5.69 Å². The minimum atomic E-state index is -0.0950. The summed E-state index contributed by atoms with van der Waals surface area (Å²) < 4.78 is 2.03. The molecule has 0 spiro atoms. The maximum atomic E-state index is 12.4. The van der Waals surface area contributed by atoms with Gasteiger partial charge in [0.1, 0.15) is 11.5 Å². The number of benzene rings is 3. The molecule has 4 aromatic rings. The van der Waals surface area contributed by atoms with Crippen LogP contribution >= 0.6 is 11.6 Å². The average molecular weight is 500 g/mol. The van der Waals surface area contributed by atoms with Gasteiger partial charge in [0.25, 0.3) is 5.95 Å². The first-order chi connectivity index (χ1) is 17.3. The lowest BCUT2D eigenvalue weighted by Gasteiger charge is -2.22. The number of fused-ring (bicyclic) bond motifs is 3. The van der Waals surface area contributed by atoms with Crippen molar-refractivity contribution >= 4 is 35.0 Å². The molecule has 0 atom stereocenters. The van der Waals surface area contributed by atoms with Crippen molar-refractivity contribution in [2.75, 3.05) is 31.1 Å². The quantitative estimate of drug-likeness (QED) is 0.391. The fourth-order valence-corrected chi connectivity index (χ4v) is 4.35. The number of hydrazone groups is 1. The van der Waals surface area contributed by atoms with Gasteiger partial charge in [0.15, 0.2) is 0 Å². The molecule has 1 aliphatic heterocycles. The highest BCUT2D eigenvalue weighted by atomic mass is 35.5. The Bertz CT molecular complexity index is 1440. The SMILES string of the molecule is Cc1nnc2n1-c1ccccc1C(c1ccc(N(C)C(=O)N(C)C)cc1)=NN2Cc1ccc(Cl)cc1. The Morgan fingerprint density at radius 1 is 0.917 bits per heavy atom. The third-order valence-electron chi connectivity index (χ3n) is 6.10. The smallest absolute Gasteiger partial charge is 0.323 e. The predicted octanol–water partition coefficient (Wildman–Crippen LogP) is 5.12. The molecule has 5 rings (SSSR count). The van der Waals surface area contributed by atoms with E-state index in [1.54, 1.807) is 30.9 Å². The van der Waals surface area contributed by atoms with Gasteiger partial charge >= 0.3 is 6.03 Å². The number of anilines is 2. The lowest BCUT2D eigenvalue weighted by Crippen LogP contribution is -2.36. The lowest BCUT2D eigenvalue weighted by molar-refractivity contribution is 0.225. The van der Waals surface area contributed by atoms with E-state index in [1.165, 1.54) is 0 Å². The van der Waals surface area contributed by atoms with E-state index in [0.717, 1.165) is 39.6 Å². The van der Waals surface area contributed by atoms with Crippen LogP contribution in [0, 0.1) is 6.92 Å². The van der Waals surface area contributed by atoms with E-state index in [2.05, 4.69) is 22.3 Å². The van der Waals surface area contributed by atoms with Crippen molar-refractivity contribution < 1.29 is 4.79 Å². The van der Waals surface area contributed by atoms with Crippen LogP contribution in [0.15, 0.2) is 77.9 Å². The Morgan fingerprint density at radius 3 is 2.31 bits per heavy atom. The molecule has 182 valence electrons. The molecule has 1 aliphatic rings. The maximum Gasteiger partial charge on any atom is 0.323 e. The molecule has 2 amide bonds. The topological polar surface area (TPSA) is 69.9 Å². The summed E-state index contributed by atoms with van der Waals surface area (Å²) >= 11 is 6.11. The van der Waals surface area contributed by atoms with E-state index < -0.39 is 0 Å². The zero-order valence-corrected chi connectivity index (χ0v) is 21.3. The highest BCUT2D eigenvalue weighted by Gasteiger charge is 2.26. The number of aryl methyl sites for hydroxylation is 1. The number of urea groups is 1. The molecule has 0 radical (unpaired) electrons. The third-order valence-corrected chi connectivity index (χ3v) is 6.35. The number of aromatic nitrogens is 3. The van der Waals surface area contributed by atoms with Crippen LogP contribution in [0.3, 0.4) is 0 Å². The number of hydrogen-bond acceptors (Lipinski definition) is 5. The zero-order valence-electron chi connectivity index (χ0n) is 20.6. The summed E-state index contributed by atoms with van der Waals surface area (Å²) in [6, 6.07) is 23.6. The highest BCUT2D eigenvalue weighted by molar-refractivity contribution is 6.30. The van der Waals surface area contributed by atoms with Gasteiger partial charge in [-0.25, -0.2) is 9.80 Å². The van der Waals surface area contributed by atoms with Crippen molar-refractivity contribution in [1.82, 2.24) is 19.7 Å². The van der Waals surface area contributed by atoms with Gasteiger partial charge in [-0.15, -0.1) is 10.2 Å². The molecule has 0 bridgehead atoms. The van der Waals surface area contributed by atoms with Crippen molar-refractivity contribution in [2.45, 2.75) is 13.5 Å². The van der Waals surface area contributed by atoms with Crippen LogP contribution < -0.4 is 9.91 Å². The molecule has 9 heteroatoms. The molecule has 0 aliphatic carbocycles. The summed E-state index contributed by atoms with van der Waals surface area (Å²) in [5, 5.41) is 16.5. The largest absolute Gasteiger partial charge is 0.330 e. The molecule has 0 unspecified atom stereocenters. The number of rotatable bonds is 4. The summed E-state index contributed by atoms with van der Waals surface area (Å²) in [6.07, 6.45) is 0. The monoisotopic (exact) mass is 499 g/mol. The van der Waals surface area contributed by atoms with E-state index in [9.17, 15) is 4.79 Å². The molecular weight excluding hydrogens is 474 g/mol. The van der Waals surface area contributed by atoms with Crippen LogP contribution in [0.5, 0.6) is 0 Å². The van der Waals surface area contributed by atoms with Crippen LogP contribution in [-0.2, 0) is 6.54 Å². The van der Waals surface area contributed by atoms with E-state index in [-0.39, 0.29) is 6.03 Å². The number of hydrogen-bond donors (Lipinski definition) is 0. The minimum Gasteiger partial charge on any atom is -0.330 e. The second-order valence-corrected chi connectivity index (χ2v) is 9.25. The van der Waals surface area contributed by atoms with Crippen molar-refractivity contribution in [3.63, 3.8) is 0 Å². The Morgan fingerprint density at radius 2 is 1.61 bits per heavy atom. The summed E-state index contributed by atoms with van der Waals surface area (Å²) in [5.41, 5.74) is 5.49. The zero-order chi connectivity index (χ0) is 25.4. The fraction of sp³-hybridized carbons (Fsp3) is 0.185. The van der Waals surface area contributed by atoms with Crippen molar-refractivity contribution in [2.24, 2.45) is 5.10 Å². The first kappa shape index (κ1) is 23.6. The van der Waals surface area contributed by atoms with Crippen LogP contribution in [0.2, 0.25) is 5.02 Å². The van der Waals surface area contributed by atoms with Gasteiger partial charge in [0.2, 0.25) is 0 Å². The molecule has 0 fully saturated rings. The number of nitrogens with zero attached hydrogens (tertiary/aromatic N) is 7. The lowest BCUT2D eigenvalue weighted by atomic mass is 10.00. The average Bonchev–Trinajstić information content (AvgIpc) is 3.21. The second-order valence-electron chi connectivity index (χ2n) is 8.82. The molecular formula is C27H26ClN7O. The summed E-state index contributed by atoms with van der Waals surface area (Å²) in [5.74, 6) is 1.41. The number of para-hydroxylation sites is 1. The Labute approximate surface area is 215 Å². The van der Waals surface area contributed by atoms with Gasteiger partial charge in [-0.3, -0.25) is 9.47 Å². The first-order valence-electron chi connectivity index (χ1n) is 11.5. The molecule has 3 aromatic carbocycles. The Balaban J connectivity index is 1.61. The molecule has 8 nitrogen and oxygen atoms in total. The molecule has 2 heterocycles. The number of carbonyl (C=O) groups excluding carboxylic acids is 1. The van der Waals surface area contributed by atoms with Gasteiger partial charge in [0.05, 0.1) is 12.2 Å². The summed E-state index contributed by atoms with van der Waals surface area (Å²) in [4.78, 5) is 15.6. The fourth-order valence-electron chi connectivity index (χ4n) is 4.22. The van der Waals surface area contributed by atoms with Gasteiger partial charge in [0, 0.05) is 43.0 Å². The maximum absolute atomic E-state index is 12.4. The Kier molecular flexibility index (Phi) is 6.20. The molecule has 0 N–H and O–H groups in total. The standard InChI is InChI=1S/C27H26ClN7O/c1-18-29-30-26-34(17-19-9-13-21(28)14-10-19)31-25(23-7-5-6-8-24(23)35(18)26)20-11-15-22(16-12-20)33(4)27(36)32(2)3/h5-16H,17H2,1-4H3. The van der Waals surface area contributed by atoms with Crippen LogP contribution in [-0.4, -0.2) is 52.6 Å². The van der Waals surface area contributed by atoms with Crippen molar-refractivity contribution in [3.05, 3.63) is 100 Å². The van der Waals surface area contributed by atoms with Gasteiger partial charge in [-0.1, -0.05) is 54.1 Å². The first-order valence-corrected chi connectivity index (χ1v) is 11.9. The van der Waals surface area contributed by atoms with Gasteiger partial charge < -0.3 is 4.90 Å². The van der Waals surface area contributed by atoms with E-state index in [0.29, 0.717) is 17.5 Å². The van der Waals surface area contributed by atoms with Crippen LogP contribution in [0.1, 0.15) is 22.5 Å². The third kappa shape index (κ3) is 4.31. The van der Waals surface area contributed by atoms with E-state index >= 15 is 0 Å². The van der Waals surface area contributed by atoms with Crippen LogP contribution in [0.4, 0.5) is 16.4 Å². The molecule has 1 aromatic heterocycles. The number of carbonyl (C=O) groups is 1. The summed E-state index contributed by atoms with van der Waals surface area (Å²) in [6.45, 7) is 2.43. The van der Waals surface area contributed by atoms with Crippen molar-refractivity contribution in [1.29, 1.82) is 0 Å². The van der Waals surface area contributed by atoms with Gasteiger partial charge in [-0.05, 0) is 42.8 Å². The molecule has 0 saturated heterocycles. The number of amides is 2. The van der Waals surface area contributed by atoms with E-state index in [4.69, 9.17) is 16.7 Å². The van der Waals surface area contributed by atoms with Crippen molar-refractivity contribution in [3.8, 4) is 5.69 Å². The van der Waals surface area contributed by atoms with E-state index in [1.807, 2.05) is 77.2 Å². The normalized spacial score (nSPS) is 12.4. The Hall–Kier alpha value is -4.17. The predicted molar refractivity (Wildman–Crippen MR) is 143 cm³/mol. The van der Waals surface area contributed by atoms with Gasteiger partial charge in [-0.2, -0.15) is 5.10 Å². The molecule has 0 saturated carbocycles.